The topological polar surface area (TPSA) is 54.4 Å². The Hall–Kier alpha value is -0.0900. The van der Waals surface area contributed by atoms with Crippen LogP contribution < -0.4 is 0 Å². The molecule has 0 aliphatic heterocycles. The van der Waals surface area contributed by atoms with E-state index in [2.05, 4.69) is 6.92 Å². The molecule has 0 aromatic carbocycles. The molecular weight excluding hydrogens is 200 g/mol. The molecule has 0 saturated heterocycles. The van der Waals surface area contributed by atoms with Crippen molar-refractivity contribution in [2.45, 2.75) is 39.2 Å². The largest absolute Gasteiger partial charge is 0.393 e. The van der Waals surface area contributed by atoms with E-state index in [-0.39, 0.29) is 17.6 Å². The minimum Gasteiger partial charge on any atom is -0.393 e. The monoisotopic (exact) mass is 220 g/mol. The fourth-order valence-electron chi connectivity index (χ4n) is 1.76. The lowest BCUT2D eigenvalue weighted by atomic mass is 10.1. The SMILES string of the molecule is CCS(=O)(=O)CCCC(O)C1CC1C. The van der Waals surface area contributed by atoms with E-state index in [0.717, 1.165) is 6.42 Å². The van der Waals surface area contributed by atoms with Crippen molar-refractivity contribution in [2.75, 3.05) is 11.5 Å². The zero-order chi connectivity index (χ0) is 10.8. The lowest BCUT2D eigenvalue weighted by molar-refractivity contribution is 0.135. The molecule has 3 unspecified atom stereocenters. The normalized spacial score (nSPS) is 28.8. The summed E-state index contributed by atoms with van der Waals surface area (Å²) in [4.78, 5) is 0. The van der Waals surface area contributed by atoms with Gasteiger partial charge < -0.3 is 5.11 Å². The van der Waals surface area contributed by atoms with E-state index in [4.69, 9.17) is 0 Å². The summed E-state index contributed by atoms with van der Waals surface area (Å²) in [7, 11) is -2.85. The molecule has 84 valence electrons. The van der Waals surface area contributed by atoms with E-state index in [1.807, 2.05) is 0 Å². The smallest absolute Gasteiger partial charge is 0.150 e. The maximum atomic E-state index is 11.1. The second-order valence-electron chi connectivity index (χ2n) is 4.32. The molecule has 1 rings (SSSR count). The molecule has 1 aliphatic rings. The zero-order valence-corrected chi connectivity index (χ0v) is 9.76. The molecule has 0 heterocycles. The minimum atomic E-state index is -2.85. The first-order valence-electron chi connectivity index (χ1n) is 5.34. The maximum Gasteiger partial charge on any atom is 0.150 e. The van der Waals surface area contributed by atoms with Crippen LogP contribution in [-0.2, 0) is 9.84 Å². The van der Waals surface area contributed by atoms with Gasteiger partial charge in [-0.25, -0.2) is 8.42 Å². The van der Waals surface area contributed by atoms with Crippen LogP contribution >= 0.6 is 0 Å². The number of aliphatic hydroxyl groups excluding tert-OH is 1. The third kappa shape index (κ3) is 3.58. The van der Waals surface area contributed by atoms with Crippen molar-refractivity contribution in [3.05, 3.63) is 0 Å². The summed E-state index contributed by atoms with van der Waals surface area (Å²) in [6, 6.07) is 0. The highest BCUT2D eigenvalue weighted by Gasteiger charge is 2.38. The van der Waals surface area contributed by atoms with Crippen LogP contribution in [0.4, 0.5) is 0 Å². The molecule has 0 bridgehead atoms. The second kappa shape index (κ2) is 4.62. The molecule has 0 aromatic rings. The Labute approximate surface area is 86.4 Å². The van der Waals surface area contributed by atoms with Crippen LogP contribution in [-0.4, -0.2) is 31.1 Å². The van der Waals surface area contributed by atoms with Crippen LogP contribution in [0.5, 0.6) is 0 Å². The number of aliphatic hydroxyl groups is 1. The molecule has 1 fully saturated rings. The molecular formula is C10H20O3S. The van der Waals surface area contributed by atoms with Gasteiger partial charge in [-0.15, -0.1) is 0 Å². The van der Waals surface area contributed by atoms with Gasteiger partial charge in [-0.3, -0.25) is 0 Å². The summed E-state index contributed by atoms with van der Waals surface area (Å²) < 4.78 is 22.3. The van der Waals surface area contributed by atoms with E-state index in [9.17, 15) is 13.5 Å². The Balaban J connectivity index is 2.15. The van der Waals surface area contributed by atoms with Crippen molar-refractivity contribution in [1.82, 2.24) is 0 Å². The van der Waals surface area contributed by atoms with Gasteiger partial charge in [-0.1, -0.05) is 13.8 Å². The Kier molecular flexibility index (Phi) is 3.95. The first-order chi connectivity index (χ1) is 6.46. The van der Waals surface area contributed by atoms with Gasteiger partial charge in [0.15, 0.2) is 0 Å². The first kappa shape index (κ1) is 12.0. The predicted octanol–water partition coefficient (Wildman–Crippen LogP) is 1.22. The number of sulfone groups is 1. The first-order valence-corrected chi connectivity index (χ1v) is 7.17. The van der Waals surface area contributed by atoms with Gasteiger partial charge in [0, 0.05) is 5.75 Å². The summed E-state index contributed by atoms with van der Waals surface area (Å²) in [5, 5.41) is 9.63. The summed E-state index contributed by atoms with van der Waals surface area (Å²) in [5.74, 6) is 1.50. The molecule has 0 radical (unpaired) electrons. The lowest BCUT2D eigenvalue weighted by Crippen LogP contribution is -2.14. The minimum absolute atomic E-state index is 0.211. The molecule has 3 atom stereocenters. The summed E-state index contributed by atoms with van der Waals surface area (Å²) in [6.07, 6.45) is 2.05. The molecule has 3 nitrogen and oxygen atoms in total. The van der Waals surface area contributed by atoms with E-state index < -0.39 is 9.84 Å². The number of rotatable bonds is 6. The van der Waals surface area contributed by atoms with Gasteiger partial charge in [0.05, 0.1) is 11.9 Å². The lowest BCUT2D eigenvalue weighted by Gasteiger charge is -2.08. The average molecular weight is 220 g/mol. The number of hydrogen-bond acceptors (Lipinski definition) is 3. The summed E-state index contributed by atoms with van der Waals surface area (Å²) in [6.45, 7) is 3.78. The maximum absolute atomic E-state index is 11.1. The van der Waals surface area contributed by atoms with Gasteiger partial charge in [-0.05, 0) is 31.1 Å². The van der Waals surface area contributed by atoms with Gasteiger partial charge in [0.1, 0.15) is 9.84 Å². The molecule has 1 N–H and O–H groups in total. The van der Waals surface area contributed by atoms with Gasteiger partial charge >= 0.3 is 0 Å². The molecule has 1 saturated carbocycles. The van der Waals surface area contributed by atoms with Crippen LogP contribution in [0.2, 0.25) is 0 Å². The quantitative estimate of drug-likeness (QED) is 0.732. The Morgan fingerprint density at radius 3 is 2.50 bits per heavy atom. The Bertz CT molecular complexity index is 271. The highest BCUT2D eigenvalue weighted by molar-refractivity contribution is 7.91. The molecule has 0 amide bonds. The molecule has 0 aromatic heterocycles. The van der Waals surface area contributed by atoms with Gasteiger partial charge in [0.25, 0.3) is 0 Å². The molecule has 0 spiro atoms. The predicted molar refractivity (Wildman–Crippen MR) is 56.8 cm³/mol. The Morgan fingerprint density at radius 2 is 2.07 bits per heavy atom. The van der Waals surface area contributed by atoms with E-state index in [1.54, 1.807) is 6.92 Å². The van der Waals surface area contributed by atoms with Crippen molar-refractivity contribution in [2.24, 2.45) is 11.8 Å². The number of hydrogen-bond donors (Lipinski definition) is 1. The Morgan fingerprint density at radius 1 is 1.50 bits per heavy atom. The van der Waals surface area contributed by atoms with Crippen molar-refractivity contribution in [3.63, 3.8) is 0 Å². The van der Waals surface area contributed by atoms with E-state index in [0.29, 0.717) is 24.7 Å². The van der Waals surface area contributed by atoms with Crippen LogP contribution in [0.25, 0.3) is 0 Å². The van der Waals surface area contributed by atoms with Crippen molar-refractivity contribution >= 4 is 9.84 Å². The summed E-state index contributed by atoms with van der Waals surface area (Å²) >= 11 is 0. The molecule has 4 heteroatoms. The van der Waals surface area contributed by atoms with Crippen LogP contribution in [0, 0.1) is 11.8 Å². The third-order valence-electron chi connectivity index (χ3n) is 3.06. The van der Waals surface area contributed by atoms with E-state index >= 15 is 0 Å². The van der Waals surface area contributed by atoms with Crippen LogP contribution in [0.15, 0.2) is 0 Å². The second-order valence-corrected chi connectivity index (χ2v) is 6.80. The van der Waals surface area contributed by atoms with Crippen molar-refractivity contribution in [1.29, 1.82) is 0 Å². The van der Waals surface area contributed by atoms with Crippen molar-refractivity contribution < 1.29 is 13.5 Å². The molecule has 14 heavy (non-hydrogen) atoms. The van der Waals surface area contributed by atoms with Gasteiger partial charge in [0.2, 0.25) is 0 Å². The zero-order valence-electron chi connectivity index (χ0n) is 8.94. The molecule has 1 aliphatic carbocycles. The standard InChI is InChI=1S/C10H20O3S/c1-3-14(12,13)6-4-5-10(11)9-7-8(9)2/h8-11H,3-7H2,1-2H3. The fraction of sp³-hybridized carbons (Fsp3) is 1.00. The fourth-order valence-corrected chi connectivity index (χ4v) is 2.65. The van der Waals surface area contributed by atoms with Crippen LogP contribution in [0.3, 0.4) is 0 Å². The van der Waals surface area contributed by atoms with Gasteiger partial charge in [-0.2, -0.15) is 0 Å². The van der Waals surface area contributed by atoms with E-state index in [1.165, 1.54) is 0 Å². The third-order valence-corrected chi connectivity index (χ3v) is 4.85. The average Bonchev–Trinajstić information content (AvgIpc) is 2.82. The van der Waals surface area contributed by atoms with Crippen molar-refractivity contribution in [3.8, 4) is 0 Å². The van der Waals surface area contributed by atoms with Crippen LogP contribution in [0.1, 0.15) is 33.1 Å². The summed E-state index contributed by atoms with van der Waals surface area (Å²) in [5.41, 5.74) is 0. The highest BCUT2D eigenvalue weighted by Crippen LogP contribution is 2.41. The highest BCUT2D eigenvalue weighted by atomic mass is 32.2.